The maximum absolute atomic E-state index is 13.1. The van der Waals surface area contributed by atoms with E-state index >= 15 is 0 Å². The van der Waals surface area contributed by atoms with Crippen molar-refractivity contribution in [1.29, 1.82) is 0 Å². The maximum Gasteiger partial charge on any atom is 0.251 e. The quantitative estimate of drug-likeness (QED) is 0.905. The van der Waals surface area contributed by atoms with Crippen molar-refractivity contribution in [2.75, 3.05) is 0 Å². The van der Waals surface area contributed by atoms with Crippen LogP contribution in [0.25, 0.3) is 0 Å². The SMILES string of the molecule is O=C(NCc1cccc(F)c1)C1=CCC(c2ccccc2)C=C1. The van der Waals surface area contributed by atoms with Crippen LogP contribution in [-0.4, -0.2) is 5.91 Å². The van der Waals surface area contributed by atoms with Gasteiger partial charge in [-0.3, -0.25) is 4.79 Å². The van der Waals surface area contributed by atoms with Gasteiger partial charge in [0.1, 0.15) is 5.82 Å². The van der Waals surface area contributed by atoms with Crippen LogP contribution in [-0.2, 0) is 11.3 Å². The zero-order valence-electron chi connectivity index (χ0n) is 12.7. The van der Waals surface area contributed by atoms with E-state index in [1.54, 1.807) is 12.1 Å². The molecule has 2 aromatic rings. The van der Waals surface area contributed by atoms with E-state index in [0.717, 1.165) is 12.0 Å². The Balaban J connectivity index is 1.57. The summed E-state index contributed by atoms with van der Waals surface area (Å²) in [5.41, 5.74) is 2.66. The van der Waals surface area contributed by atoms with E-state index in [0.29, 0.717) is 18.0 Å². The molecule has 2 aromatic carbocycles. The molecule has 1 N–H and O–H groups in total. The van der Waals surface area contributed by atoms with Crippen LogP contribution >= 0.6 is 0 Å². The molecule has 0 fully saturated rings. The highest BCUT2D eigenvalue weighted by Crippen LogP contribution is 2.26. The minimum absolute atomic E-state index is 0.128. The fraction of sp³-hybridized carbons (Fsp3) is 0.150. The van der Waals surface area contributed by atoms with Gasteiger partial charge in [0, 0.05) is 18.0 Å². The van der Waals surface area contributed by atoms with Gasteiger partial charge >= 0.3 is 0 Å². The van der Waals surface area contributed by atoms with Crippen LogP contribution in [0.1, 0.15) is 23.5 Å². The van der Waals surface area contributed by atoms with E-state index < -0.39 is 0 Å². The van der Waals surface area contributed by atoms with Gasteiger partial charge in [-0.25, -0.2) is 4.39 Å². The van der Waals surface area contributed by atoms with Crippen molar-refractivity contribution in [3.63, 3.8) is 0 Å². The molecule has 0 aromatic heterocycles. The number of halogens is 1. The molecule has 0 saturated heterocycles. The number of allylic oxidation sites excluding steroid dienone is 2. The highest BCUT2D eigenvalue weighted by atomic mass is 19.1. The average Bonchev–Trinajstić information content (AvgIpc) is 2.61. The van der Waals surface area contributed by atoms with Crippen molar-refractivity contribution in [3.8, 4) is 0 Å². The topological polar surface area (TPSA) is 29.1 Å². The van der Waals surface area contributed by atoms with Crippen molar-refractivity contribution in [3.05, 3.63) is 95.3 Å². The average molecular weight is 307 g/mol. The van der Waals surface area contributed by atoms with E-state index in [1.165, 1.54) is 17.7 Å². The Labute approximate surface area is 135 Å². The summed E-state index contributed by atoms with van der Waals surface area (Å²) in [5, 5.41) is 2.83. The van der Waals surface area contributed by atoms with Gasteiger partial charge in [-0.2, -0.15) is 0 Å². The first kappa shape index (κ1) is 15.2. The summed E-state index contributed by atoms with van der Waals surface area (Å²) in [6.45, 7) is 0.323. The third kappa shape index (κ3) is 3.95. The monoisotopic (exact) mass is 307 g/mol. The number of hydrogen-bond acceptors (Lipinski definition) is 1. The van der Waals surface area contributed by atoms with Gasteiger partial charge in [-0.05, 0) is 29.7 Å². The maximum atomic E-state index is 13.1. The van der Waals surface area contributed by atoms with E-state index in [4.69, 9.17) is 0 Å². The third-order valence-electron chi connectivity index (χ3n) is 3.93. The lowest BCUT2D eigenvalue weighted by molar-refractivity contribution is -0.117. The molecule has 0 aliphatic heterocycles. The number of amides is 1. The van der Waals surface area contributed by atoms with Crippen LogP contribution in [0.15, 0.2) is 78.4 Å². The number of benzene rings is 2. The molecule has 0 saturated carbocycles. The summed E-state index contributed by atoms with van der Waals surface area (Å²) in [5.74, 6) is -0.104. The lowest BCUT2D eigenvalue weighted by Crippen LogP contribution is -2.24. The third-order valence-corrected chi connectivity index (χ3v) is 3.93. The molecule has 1 aliphatic carbocycles. The lowest BCUT2D eigenvalue weighted by atomic mass is 9.90. The number of nitrogens with one attached hydrogen (secondary N) is 1. The van der Waals surface area contributed by atoms with Crippen molar-refractivity contribution in [2.24, 2.45) is 0 Å². The highest BCUT2D eigenvalue weighted by molar-refractivity contribution is 5.96. The van der Waals surface area contributed by atoms with Gasteiger partial charge in [0.05, 0.1) is 0 Å². The summed E-state index contributed by atoms with van der Waals surface area (Å²) in [6.07, 6.45) is 6.69. The molecular weight excluding hydrogens is 289 g/mol. The molecular formula is C20H18FNO. The smallest absolute Gasteiger partial charge is 0.251 e. The summed E-state index contributed by atoms with van der Waals surface area (Å²) >= 11 is 0. The van der Waals surface area contributed by atoms with E-state index in [-0.39, 0.29) is 11.7 Å². The summed E-state index contributed by atoms with van der Waals surface area (Å²) in [6, 6.07) is 16.5. The van der Waals surface area contributed by atoms with Crippen LogP contribution in [0.2, 0.25) is 0 Å². The molecule has 0 bridgehead atoms. The number of rotatable bonds is 4. The van der Waals surface area contributed by atoms with Crippen LogP contribution in [0.3, 0.4) is 0 Å². The molecule has 1 atom stereocenters. The molecule has 1 amide bonds. The first-order valence-corrected chi connectivity index (χ1v) is 7.68. The summed E-state index contributed by atoms with van der Waals surface area (Å²) in [7, 11) is 0. The van der Waals surface area contributed by atoms with Crippen LogP contribution in [0.4, 0.5) is 4.39 Å². The molecule has 1 unspecified atom stereocenters. The zero-order valence-corrected chi connectivity index (χ0v) is 12.7. The summed E-state index contributed by atoms with van der Waals surface area (Å²) < 4.78 is 13.1. The van der Waals surface area contributed by atoms with Crippen molar-refractivity contribution < 1.29 is 9.18 Å². The molecule has 116 valence electrons. The first-order valence-electron chi connectivity index (χ1n) is 7.68. The second kappa shape index (κ2) is 7.05. The summed E-state index contributed by atoms with van der Waals surface area (Å²) in [4.78, 5) is 12.2. The van der Waals surface area contributed by atoms with Crippen molar-refractivity contribution >= 4 is 5.91 Å². The highest BCUT2D eigenvalue weighted by Gasteiger charge is 2.14. The van der Waals surface area contributed by atoms with E-state index in [9.17, 15) is 9.18 Å². The number of carbonyl (C=O) groups excluding carboxylic acids is 1. The fourth-order valence-corrected chi connectivity index (χ4v) is 2.67. The standard InChI is InChI=1S/C20H18FNO/c21-19-8-4-5-15(13-19)14-22-20(23)18-11-9-17(10-12-18)16-6-2-1-3-7-16/h1-9,11-13,17H,10,14H2,(H,22,23). The Morgan fingerprint density at radius 2 is 1.96 bits per heavy atom. The molecule has 1 aliphatic rings. The predicted octanol–water partition coefficient (Wildman–Crippen LogP) is 4.11. The van der Waals surface area contributed by atoms with Gasteiger partial charge in [0.15, 0.2) is 0 Å². The van der Waals surface area contributed by atoms with Gasteiger partial charge in [0.25, 0.3) is 5.91 Å². The molecule has 3 heteroatoms. The van der Waals surface area contributed by atoms with Crippen LogP contribution in [0, 0.1) is 5.82 Å². The Morgan fingerprint density at radius 3 is 2.65 bits per heavy atom. The molecule has 0 spiro atoms. The van der Waals surface area contributed by atoms with Crippen molar-refractivity contribution in [1.82, 2.24) is 5.32 Å². The molecule has 0 heterocycles. The predicted molar refractivity (Wildman–Crippen MR) is 89.3 cm³/mol. The lowest BCUT2D eigenvalue weighted by Gasteiger charge is -2.16. The Bertz CT molecular complexity index is 749. The Hall–Kier alpha value is -2.68. The molecule has 3 rings (SSSR count). The van der Waals surface area contributed by atoms with Crippen molar-refractivity contribution in [2.45, 2.75) is 18.9 Å². The number of hydrogen-bond donors (Lipinski definition) is 1. The minimum Gasteiger partial charge on any atom is -0.348 e. The number of carbonyl (C=O) groups is 1. The van der Waals surface area contributed by atoms with Gasteiger partial charge in [-0.1, -0.05) is 60.7 Å². The zero-order chi connectivity index (χ0) is 16.1. The largest absolute Gasteiger partial charge is 0.348 e. The molecule has 0 radical (unpaired) electrons. The second-order valence-corrected chi connectivity index (χ2v) is 5.58. The van der Waals surface area contributed by atoms with E-state index in [2.05, 4.69) is 23.5 Å². The minimum atomic E-state index is -0.292. The first-order chi connectivity index (χ1) is 11.2. The van der Waals surface area contributed by atoms with Crippen LogP contribution < -0.4 is 5.32 Å². The normalized spacial score (nSPS) is 16.7. The Kier molecular flexibility index (Phi) is 4.67. The molecule has 2 nitrogen and oxygen atoms in total. The molecule has 23 heavy (non-hydrogen) atoms. The second-order valence-electron chi connectivity index (χ2n) is 5.58. The fourth-order valence-electron chi connectivity index (χ4n) is 2.67. The Morgan fingerprint density at radius 1 is 1.13 bits per heavy atom. The van der Waals surface area contributed by atoms with E-state index in [1.807, 2.05) is 30.4 Å². The van der Waals surface area contributed by atoms with Gasteiger partial charge < -0.3 is 5.32 Å². The van der Waals surface area contributed by atoms with Gasteiger partial charge in [0.2, 0.25) is 0 Å². The van der Waals surface area contributed by atoms with Gasteiger partial charge in [-0.15, -0.1) is 0 Å². The van der Waals surface area contributed by atoms with Crippen LogP contribution in [0.5, 0.6) is 0 Å².